The van der Waals surface area contributed by atoms with Gasteiger partial charge in [0.1, 0.15) is 0 Å². The van der Waals surface area contributed by atoms with E-state index in [4.69, 9.17) is 4.74 Å². The van der Waals surface area contributed by atoms with E-state index in [1.165, 1.54) is 11.8 Å². The van der Waals surface area contributed by atoms with Crippen LogP contribution in [-0.4, -0.2) is 33.8 Å². The molecule has 6 heteroatoms. The van der Waals surface area contributed by atoms with E-state index in [2.05, 4.69) is 4.99 Å². The first-order valence-electron chi connectivity index (χ1n) is 9.36. The normalized spacial score (nSPS) is 22.2. The van der Waals surface area contributed by atoms with E-state index in [1.54, 1.807) is 4.90 Å². The number of amidine groups is 1. The molecular formula is C21H26N2O3S. The lowest BCUT2D eigenvalue weighted by molar-refractivity contribution is -0.141. The second kappa shape index (κ2) is 7.89. The van der Waals surface area contributed by atoms with Crippen molar-refractivity contribution in [3.63, 3.8) is 0 Å². The Morgan fingerprint density at radius 1 is 1.26 bits per heavy atom. The summed E-state index contributed by atoms with van der Waals surface area (Å²) < 4.78 is 5.51. The Kier molecular flexibility index (Phi) is 5.75. The van der Waals surface area contributed by atoms with Crippen LogP contribution in [0.3, 0.4) is 0 Å². The molecule has 1 amide bonds. The summed E-state index contributed by atoms with van der Waals surface area (Å²) in [4.78, 5) is 32.2. The second-order valence-electron chi connectivity index (χ2n) is 7.42. The Morgan fingerprint density at radius 2 is 1.93 bits per heavy atom. The lowest BCUT2D eigenvalue weighted by atomic mass is 9.93. The number of hydrogen-bond donors (Lipinski definition) is 0. The highest BCUT2D eigenvalue weighted by atomic mass is 32.2. The molecule has 2 atom stereocenters. The molecule has 144 valence electrons. The third-order valence-corrected chi connectivity index (χ3v) is 6.00. The van der Waals surface area contributed by atoms with Crippen molar-refractivity contribution in [2.75, 3.05) is 6.61 Å². The molecule has 0 aliphatic carbocycles. The first-order valence-corrected chi connectivity index (χ1v) is 10.2. The van der Waals surface area contributed by atoms with Crippen LogP contribution in [0.4, 0.5) is 0 Å². The standard InChI is InChI=1S/C21H26N2O3S/c1-6-16-19(24)23-18(15-9-7-13(4)8-10-15)17(14(5)22-21(23)27-16)20(25)26-11-12(2)3/h7-10,12,16,18H,6,11H2,1-5H3/t16-,18+/m1/s1. The number of aryl methyl sites for hydroxylation is 1. The van der Waals surface area contributed by atoms with Gasteiger partial charge >= 0.3 is 5.97 Å². The number of amides is 1. The lowest BCUT2D eigenvalue weighted by Gasteiger charge is -2.33. The number of thioether (sulfide) groups is 1. The summed E-state index contributed by atoms with van der Waals surface area (Å²) in [5, 5.41) is 0.519. The smallest absolute Gasteiger partial charge is 0.338 e. The molecule has 0 N–H and O–H groups in total. The first kappa shape index (κ1) is 19.7. The number of rotatable bonds is 5. The van der Waals surface area contributed by atoms with Crippen molar-refractivity contribution in [1.82, 2.24) is 4.90 Å². The molecule has 0 radical (unpaired) electrons. The number of allylic oxidation sites excluding steroid dienone is 1. The van der Waals surface area contributed by atoms with Crippen molar-refractivity contribution in [2.45, 2.75) is 52.3 Å². The van der Waals surface area contributed by atoms with Gasteiger partial charge in [-0.1, -0.05) is 62.4 Å². The third kappa shape index (κ3) is 3.81. The summed E-state index contributed by atoms with van der Waals surface area (Å²) in [6.45, 7) is 10.2. The molecule has 2 heterocycles. The molecule has 1 saturated heterocycles. The maximum absolute atomic E-state index is 13.0. The van der Waals surface area contributed by atoms with Crippen LogP contribution in [0, 0.1) is 12.8 Å². The molecule has 0 unspecified atom stereocenters. The van der Waals surface area contributed by atoms with Gasteiger partial charge in [0.2, 0.25) is 5.91 Å². The summed E-state index contributed by atoms with van der Waals surface area (Å²) >= 11 is 1.48. The Hall–Kier alpha value is -2.08. The zero-order valence-corrected chi connectivity index (χ0v) is 17.3. The van der Waals surface area contributed by atoms with Crippen LogP contribution >= 0.6 is 11.8 Å². The molecule has 0 saturated carbocycles. The molecule has 1 fully saturated rings. The molecule has 5 nitrogen and oxygen atoms in total. The van der Waals surface area contributed by atoms with E-state index in [-0.39, 0.29) is 17.1 Å². The summed E-state index contributed by atoms with van der Waals surface area (Å²) in [6.07, 6.45) is 0.728. The SMILES string of the molecule is CC[C@H]1SC2=NC(C)=C(C(=O)OCC(C)C)[C@H](c3ccc(C)cc3)N2C1=O. The molecule has 27 heavy (non-hydrogen) atoms. The fourth-order valence-corrected chi connectivity index (χ4v) is 4.37. The van der Waals surface area contributed by atoms with Gasteiger partial charge in [-0.2, -0.15) is 0 Å². The molecule has 1 aromatic carbocycles. The number of hydrogen-bond acceptors (Lipinski definition) is 5. The van der Waals surface area contributed by atoms with Crippen molar-refractivity contribution in [3.05, 3.63) is 46.7 Å². The number of esters is 1. The fraction of sp³-hybridized carbons (Fsp3) is 0.476. The van der Waals surface area contributed by atoms with Crippen LogP contribution in [0.5, 0.6) is 0 Å². The van der Waals surface area contributed by atoms with Gasteiger partial charge < -0.3 is 4.74 Å². The van der Waals surface area contributed by atoms with Gasteiger partial charge in [0.05, 0.1) is 29.2 Å². The highest BCUT2D eigenvalue weighted by molar-refractivity contribution is 8.15. The van der Waals surface area contributed by atoms with Crippen LogP contribution in [0.15, 0.2) is 40.5 Å². The van der Waals surface area contributed by atoms with Gasteiger partial charge in [-0.3, -0.25) is 9.69 Å². The number of fused-ring (bicyclic) bond motifs is 1. The number of nitrogens with zero attached hydrogens (tertiary/aromatic N) is 2. The monoisotopic (exact) mass is 386 g/mol. The van der Waals surface area contributed by atoms with Gasteiger partial charge in [0, 0.05) is 0 Å². The van der Waals surface area contributed by atoms with Crippen molar-refractivity contribution < 1.29 is 14.3 Å². The average molecular weight is 387 g/mol. The number of ether oxygens (including phenoxy) is 1. The fourth-order valence-electron chi connectivity index (χ4n) is 3.23. The van der Waals surface area contributed by atoms with Crippen molar-refractivity contribution in [1.29, 1.82) is 0 Å². The molecule has 1 aromatic rings. The highest BCUT2D eigenvalue weighted by Gasteiger charge is 2.47. The highest BCUT2D eigenvalue weighted by Crippen LogP contribution is 2.44. The Morgan fingerprint density at radius 3 is 2.52 bits per heavy atom. The minimum Gasteiger partial charge on any atom is -0.462 e. The van der Waals surface area contributed by atoms with Gasteiger partial charge in [-0.25, -0.2) is 9.79 Å². The van der Waals surface area contributed by atoms with Gasteiger partial charge in [0.15, 0.2) is 5.17 Å². The predicted octanol–water partition coefficient (Wildman–Crippen LogP) is 4.23. The first-order chi connectivity index (χ1) is 12.8. The van der Waals surface area contributed by atoms with E-state index in [1.807, 2.05) is 58.9 Å². The van der Waals surface area contributed by atoms with E-state index in [0.717, 1.165) is 17.5 Å². The lowest BCUT2D eigenvalue weighted by Crippen LogP contribution is -2.41. The minimum atomic E-state index is -0.491. The minimum absolute atomic E-state index is 0.00786. The Bertz CT molecular complexity index is 811. The average Bonchev–Trinajstić information content (AvgIpc) is 2.94. The molecule has 2 aliphatic rings. The van der Waals surface area contributed by atoms with Crippen LogP contribution in [0.1, 0.15) is 51.3 Å². The largest absolute Gasteiger partial charge is 0.462 e. The number of carbonyl (C=O) groups is 2. The van der Waals surface area contributed by atoms with E-state index in [9.17, 15) is 9.59 Å². The predicted molar refractivity (Wildman–Crippen MR) is 108 cm³/mol. The molecular weight excluding hydrogens is 360 g/mol. The molecule has 0 aromatic heterocycles. The summed E-state index contributed by atoms with van der Waals surface area (Å²) in [7, 11) is 0. The zero-order valence-electron chi connectivity index (χ0n) is 16.5. The van der Waals surface area contributed by atoms with E-state index < -0.39 is 12.0 Å². The summed E-state index contributed by atoms with van der Waals surface area (Å²) in [5.74, 6) is -0.149. The van der Waals surface area contributed by atoms with Crippen LogP contribution in [0.2, 0.25) is 0 Å². The number of carbonyl (C=O) groups excluding carboxylic acids is 2. The van der Waals surface area contributed by atoms with Crippen molar-refractivity contribution in [3.8, 4) is 0 Å². The van der Waals surface area contributed by atoms with Crippen LogP contribution < -0.4 is 0 Å². The van der Waals surface area contributed by atoms with Gasteiger partial charge in [-0.15, -0.1) is 0 Å². The van der Waals surface area contributed by atoms with E-state index in [0.29, 0.717) is 23.0 Å². The third-order valence-electron chi connectivity index (χ3n) is 4.68. The van der Waals surface area contributed by atoms with Gasteiger partial charge in [-0.05, 0) is 31.7 Å². The second-order valence-corrected chi connectivity index (χ2v) is 8.59. The quantitative estimate of drug-likeness (QED) is 0.711. The topological polar surface area (TPSA) is 59.0 Å². The van der Waals surface area contributed by atoms with Crippen LogP contribution in [-0.2, 0) is 14.3 Å². The maximum Gasteiger partial charge on any atom is 0.338 e. The van der Waals surface area contributed by atoms with Crippen molar-refractivity contribution >= 4 is 28.8 Å². The van der Waals surface area contributed by atoms with Crippen LogP contribution in [0.25, 0.3) is 0 Å². The van der Waals surface area contributed by atoms with E-state index >= 15 is 0 Å². The summed E-state index contributed by atoms with van der Waals surface area (Å²) in [6, 6.07) is 7.46. The molecule has 0 bridgehead atoms. The Balaban J connectivity index is 2.06. The molecule has 3 rings (SSSR count). The summed E-state index contributed by atoms with van der Waals surface area (Å²) in [5.41, 5.74) is 3.10. The molecule has 0 spiro atoms. The molecule has 2 aliphatic heterocycles. The number of benzene rings is 1. The maximum atomic E-state index is 13.0. The Labute approximate surface area is 164 Å². The zero-order chi connectivity index (χ0) is 19.7. The van der Waals surface area contributed by atoms with Gasteiger partial charge in [0.25, 0.3) is 0 Å². The number of aliphatic imine (C=N–C) groups is 1. The van der Waals surface area contributed by atoms with Crippen molar-refractivity contribution in [2.24, 2.45) is 10.9 Å².